The lowest BCUT2D eigenvalue weighted by Crippen LogP contribution is -2.43. The Balaban J connectivity index is 2.01. The topological polar surface area (TPSA) is 58.6 Å². The van der Waals surface area contributed by atoms with Gasteiger partial charge in [-0.3, -0.25) is 4.79 Å². The number of rotatable bonds is 4. The van der Waals surface area contributed by atoms with Crippen LogP contribution >= 0.6 is 11.6 Å². The second-order valence-corrected chi connectivity index (χ2v) is 7.11. The zero-order chi connectivity index (χ0) is 19.6. The number of carbonyl (C=O) groups is 2. The van der Waals surface area contributed by atoms with E-state index >= 15 is 0 Å². The molecule has 1 aliphatic heterocycles. The van der Waals surface area contributed by atoms with Crippen molar-refractivity contribution in [1.29, 1.82) is 0 Å². The largest absolute Gasteiger partial charge is 0.462 e. The van der Waals surface area contributed by atoms with Gasteiger partial charge in [-0.15, -0.1) is 0 Å². The highest BCUT2D eigenvalue weighted by Crippen LogP contribution is 2.39. The van der Waals surface area contributed by atoms with Crippen molar-refractivity contribution < 1.29 is 14.3 Å². The molecular weight excluding hydrogens is 364 g/mol. The first-order valence-electron chi connectivity index (χ1n) is 9.03. The van der Waals surface area contributed by atoms with E-state index in [9.17, 15) is 9.59 Å². The molecule has 3 rings (SSSR count). The molecule has 0 aromatic heterocycles. The lowest BCUT2D eigenvalue weighted by Gasteiger charge is -2.39. The van der Waals surface area contributed by atoms with Crippen LogP contribution in [0.4, 0.5) is 11.4 Å². The Labute approximate surface area is 164 Å². The molecule has 6 heteroatoms. The minimum absolute atomic E-state index is 0.0161. The van der Waals surface area contributed by atoms with Gasteiger partial charge in [0.1, 0.15) is 0 Å². The lowest BCUT2D eigenvalue weighted by molar-refractivity contribution is -0.117. The fraction of sp³-hybridized carbons (Fsp3) is 0.333. The maximum atomic E-state index is 12.2. The van der Waals surface area contributed by atoms with E-state index in [1.165, 1.54) is 0 Å². The van der Waals surface area contributed by atoms with Crippen molar-refractivity contribution in [3.8, 4) is 0 Å². The van der Waals surface area contributed by atoms with Crippen LogP contribution in [0.15, 0.2) is 42.5 Å². The molecule has 27 heavy (non-hydrogen) atoms. The third kappa shape index (κ3) is 4.08. The van der Waals surface area contributed by atoms with Gasteiger partial charge in [-0.1, -0.05) is 11.6 Å². The zero-order valence-electron chi connectivity index (χ0n) is 15.7. The van der Waals surface area contributed by atoms with Gasteiger partial charge in [0.2, 0.25) is 5.91 Å². The second kappa shape index (κ2) is 8.01. The van der Waals surface area contributed by atoms with Crippen LogP contribution in [-0.4, -0.2) is 24.5 Å². The van der Waals surface area contributed by atoms with Gasteiger partial charge < -0.3 is 15.0 Å². The van der Waals surface area contributed by atoms with Crippen molar-refractivity contribution in [3.63, 3.8) is 0 Å². The number of benzene rings is 2. The smallest absolute Gasteiger partial charge is 0.338 e. The molecule has 2 aromatic carbocycles. The Hall–Kier alpha value is -2.53. The molecule has 5 nitrogen and oxygen atoms in total. The summed E-state index contributed by atoms with van der Waals surface area (Å²) in [5.41, 5.74) is 3.14. The van der Waals surface area contributed by atoms with Crippen LogP contribution in [0.25, 0.3) is 0 Å². The zero-order valence-corrected chi connectivity index (χ0v) is 16.4. The molecule has 1 N–H and O–H groups in total. The second-order valence-electron chi connectivity index (χ2n) is 6.67. The Morgan fingerprint density at radius 2 is 1.93 bits per heavy atom. The predicted molar refractivity (Wildman–Crippen MR) is 107 cm³/mol. The van der Waals surface area contributed by atoms with Gasteiger partial charge in [0, 0.05) is 29.4 Å². The van der Waals surface area contributed by atoms with Crippen LogP contribution in [0.3, 0.4) is 0 Å². The third-order valence-electron chi connectivity index (χ3n) is 4.72. The van der Waals surface area contributed by atoms with Gasteiger partial charge >= 0.3 is 5.97 Å². The molecule has 1 amide bonds. The number of carbonyl (C=O) groups excluding carboxylic acids is 2. The molecular formula is C21H23ClN2O3. The third-order valence-corrected chi connectivity index (χ3v) is 4.97. The number of esters is 1. The molecule has 2 unspecified atom stereocenters. The minimum Gasteiger partial charge on any atom is -0.462 e. The quantitative estimate of drug-likeness (QED) is 0.765. The van der Waals surface area contributed by atoms with Crippen LogP contribution in [0.5, 0.6) is 0 Å². The van der Waals surface area contributed by atoms with E-state index in [1.807, 2.05) is 43.3 Å². The monoisotopic (exact) mass is 386 g/mol. The van der Waals surface area contributed by atoms with Crippen molar-refractivity contribution in [3.05, 3.63) is 58.6 Å². The summed E-state index contributed by atoms with van der Waals surface area (Å²) < 4.78 is 5.13. The summed E-state index contributed by atoms with van der Waals surface area (Å²) >= 11 is 5.97. The highest BCUT2D eigenvalue weighted by atomic mass is 35.5. The van der Waals surface area contributed by atoms with E-state index in [2.05, 4.69) is 5.32 Å². The fourth-order valence-electron chi connectivity index (χ4n) is 3.57. The minimum atomic E-state index is -0.362. The highest BCUT2D eigenvalue weighted by molar-refractivity contribution is 6.30. The van der Waals surface area contributed by atoms with Crippen molar-refractivity contribution in [1.82, 2.24) is 0 Å². The Morgan fingerprint density at radius 1 is 1.22 bits per heavy atom. The molecule has 0 bridgehead atoms. The van der Waals surface area contributed by atoms with E-state index in [-0.39, 0.29) is 24.0 Å². The van der Waals surface area contributed by atoms with Crippen molar-refractivity contribution >= 4 is 34.9 Å². The number of anilines is 2. The first-order valence-corrected chi connectivity index (χ1v) is 9.41. The number of nitrogens with one attached hydrogen (secondary N) is 1. The maximum absolute atomic E-state index is 12.2. The molecule has 0 saturated heterocycles. The van der Waals surface area contributed by atoms with E-state index in [0.29, 0.717) is 17.2 Å². The average molecular weight is 387 g/mol. The number of fused-ring (bicyclic) bond motifs is 1. The molecule has 0 radical (unpaired) electrons. The van der Waals surface area contributed by atoms with Gasteiger partial charge in [-0.2, -0.15) is 0 Å². The summed E-state index contributed by atoms with van der Waals surface area (Å²) in [6, 6.07) is 12.8. The lowest BCUT2D eigenvalue weighted by atomic mass is 9.90. The normalized spacial score (nSPS) is 18.6. The van der Waals surface area contributed by atoms with E-state index in [1.54, 1.807) is 24.8 Å². The van der Waals surface area contributed by atoms with E-state index in [4.69, 9.17) is 16.3 Å². The van der Waals surface area contributed by atoms with Crippen molar-refractivity contribution in [2.75, 3.05) is 16.8 Å². The summed E-state index contributed by atoms with van der Waals surface area (Å²) in [7, 11) is 0. The first-order chi connectivity index (χ1) is 12.9. The molecule has 0 spiro atoms. The van der Waals surface area contributed by atoms with Crippen molar-refractivity contribution in [2.24, 2.45) is 0 Å². The Kier molecular flexibility index (Phi) is 5.71. The number of ether oxygens (including phenoxy) is 1. The van der Waals surface area contributed by atoms with Crippen LogP contribution in [0.2, 0.25) is 5.02 Å². The van der Waals surface area contributed by atoms with Crippen LogP contribution in [0.1, 0.15) is 49.2 Å². The summed E-state index contributed by atoms with van der Waals surface area (Å²) in [6.45, 7) is 5.69. The molecule has 2 aromatic rings. The summed E-state index contributed by atoms with van der Waals surface area (Å²) in [5, 5.41) is 4.18. The van der Waals surface area contributed by atoms with Gasteiger partial charge in [0.25, 0.3) is 0 Å². The molecule has 1 heterocycles. The maximum Gasteiger partial charge on any atom is 0.338 e. The van der Waals surface area contributed by atoms with Crippen molar-refractivity contribution in [2.45, 2.75) is 39.3 Å². The fourth-order valence-corrected chi connectivity index (χ4v) is 3.70. The Bertz CT molecular complexity index is 851. The number of hydrogen-bond donors (Lipinski definition) is 1. The van der Waals surface area contributed by atoms with Crippen LogP contribution in [0, 0.1) is 0 Å². The van der Waals surface area contributed by atoms with Crippen LogP contribution < -0.4 is 10.2 Å². The molecule has 0 saturated carbocycles. The van der Waals surface area contributed by atoms with Gasteiger partial charge in [-0.05, 0) is 68.3 Å². The molecule has 1 aliphatic rings. The number of hydrogen-bond acceptors (Lipinski definition) is 4. The Morgan fingerprint density at radius 3 is 2.56 bits per heavy atom. The molecule has 0 aliphatic carbocycles. The number of nitrogens with zero attached hydrogens (tertiary/aromatic N) is 1. The summed E-state index contributed by atoms with van der Waals surface area (Å²) in [5.74, 6) is -0.379. The standard InChI is InChI=1S/C21H23ClN2O3/c1-4-27-21(26)15-5-10-20-18(12-15)19(11-13(2)24(20)14(3)25)23-17-8-6-16(22)7-9-17/h5-10,12-13,19,23H,4,11H2,1-3H3. The van der Waals surface area contributed by atoms with Gasteiger partial charge in [0.15, 0.2) is 0 Å². The SMILES string of the molecule is CCOC(=O)c1ccc2c(c1)C(Nc1ccc(Cl)cc1)CC(C)N2C(C)=O. The summed E-state index contributed by atoms with van der Waals surface area (Å²) in [6.07, 6.45) is 0.724. The first kappa shape index (κ1) is 19.2. The predicted octanol–water partition coefficient (Wildman–Crippen LogP) is 4.82. The van der Waals surface area contributed by atoms with Gasteiger partial charge in [0.05, 0.1) is 18.2 Å². The van der Waals surface area contributed by atoms with Crippen LogP contribution in [-0.2, 0) is 9.53 Å². The van der Waals surface area contributed by atoms with E-state index in [0.717, 1.165) is 23.4 Å². The highest BCUT2D eigenvalue weighted by Gasteiger charge is 2.33. The van der Waals surface area contributed by atoms with E-state index < -0.39 is 0 Å². The molecule has 142 valence electrons. The molecule has 2 atom stereocenters. The average Bonchev–Trinajstić information content (AvgIpc) is 2.63. The molecule has 0 fully saturated rings. The van der Waals surface area contributed by atoms with Gasteiger partial charge in [-0.25, -0.2) is 4.79 Å². The number of halogens is 1. The number of amides is 1. The summed E-state index contributed by atoms with van der Waals surface area (Å²) in [4.78, 5) is 26.2.